The highest BCUT2D eigenvalue weighted by Gasteiger charge is 2.19. The number of para-hydroxylation sites is 1. The van der Waals surface area contributed by atoms with Crippen molar-refractivity contribution in [3.63, 3.8) is 0 Å². The molecule has 0 aromatic heterocycles. The van der Waals surface area contributed by atoms with Crippen molar-refractivity contribution in [1.29, 1.82) is 0 Å². The Labute approximate surface area is 128 Å². The van der Waals surface area contributed by atoms with Gasteiger partial charge in [0.2, 0.25) is 5.78 Å². The minimum absolute atomic E-state index is 0.0506. The number of oxime groups is 1. The second kappa shape index (κ2) is 7.26. The van der Waals surface area contributed by atoms with Gasteiger partial charge in [-0.1, -0.05) is 29.4 Å². The van der Waals surface area contributed by atoms with Gasteiger partial charge in [0.05, 0.1) is 19.8 Å². The monoisotopic (exact) mass is 299 g/mol. The molecule has 2 aromatic carbocycles. The third-order valence-corrected chi connectivity index (χ3v) is 3.27. The van der Waals surface area contributed by atoms with Crippen LogP contribution in [0.5, 0.6) is 11.5 Å². The Morgan fingerprint density at radius 1 is 1.05 bits per heavy atom. The molecule has 0 aliphatic carbocycles. The van der Waals surface area contributed by atoms with Crippen LogP contribution >= 0.6 is 0 Å². The molecule has 0 bridgehead atoms. The van der Waals surface area contributed by atoms with Crippen LogP contribution in [-0.4, -0.2) is 30.9 Å². The van der Waals surface area contributed by atoms with Gasteiger partial charge >= 0.3 is 0 Å². The van der Waals surface area contributed by atoms with E-state index in [2.05, 4.69) is 5.16 Å². The summed E-state index contributed by atoms with van der Waals surface area (Å²) in [4.78, 5) is 12.5. The third kappa shape index (κ3) is 3.44. The van der Waals surface area contributed by atoms with Crippen molar-refractivity contribution >= 4 is 11.5 Å². The van der Waals surface area contributed by atoms with Crippen LogP contribution in [0.4, 0.5) is 0 Å². The van der Waals surface area contributed by atoms with Gasteiger partial charge in [-0.15, -0.1) is 0 Å². The van der Waals surface area contributed by atoms with E-state index in [4.69, 9.17) is 9.47 Å². The average molecular weight is 299 g/mol. The maximum Gasteiger partial charge on any atom is 0.214 e. The number of hydrogen-bond acceptors (Lipinski definition) is 5. The number of carbonyl (C=O) groups is 1. The molecule has 0 unspecified atom stereocenters. The smallest absolute Gasteiger partial charge is 0.214 e. The van der Waals surface area contributed by atoms with Gasteiger partial charge in [0, 0.05) is 6.42 Å². The Bertz CT molecular complexity index is 677. The van der Waals surface area contributed by atoms with E-state index in [9.17, 15) is 10.0 Å². The zero-order valence-corrected chi connectivity index (χ0v) is 12.4. The lowest BCUT2D eigenvalue weighted by atomic mass is 10.00. The summed E-state index contributed by atoms with van der Waals surface area (Å²) in [5.41, 5.74) is 1.26. The van der Waals surface area contributed by atoms with Gasteiger partial charge in [0.1, 0.15) is 17.2 Å². The summed E-state index contributed by atoms with van der Waals surface area (Å²) >= 11 is 0. The second-order valence-corrected chi connectivity index (χ2v) is 4.60. The van der Waals surface area contributed by atoms with E-state index >= 15 is 0 Å². The Morgan fingerprint density at radius 2 is 1.73 bits per heavy atom. The Kier molecular flexibility index (Phi) is 5.14. The number of rotatable bonds is 6. The molecule has 22 heavy (non-hydrogen) atoms. The van der Waals surface area contributed by atoms with Crippen LogP contribution in [0.1, 0.15) is 15.9 Å². The number of hydrogen-bond donors (Lipinski definition) is 1. The maximum absolute atomic E-state index is 12.5. The van der Waals surface area contributed by atoms with Gasteiger partial charge in [-0.05, 0) is 29.8 Å². The molecule has 0 aliphatic rings. The minimum atomic E-state index is -0.365. The average Bonchev–Trinajstić information content (AvgIpc) is 2.59. The topological polar surface area (TPSA) is 68.1 Å². The zero-order valence-electron chi connectivity index (χ0n) is 12.4. The first kappa shape index (κ1) is 15.6. The normalized spacial score (nSPS) is 11.1. The molecule has 0 aliphatic heterocycles. The van der Waals surface area contributed by atoms with Crippen LogP contribution in [0.25, 0.3) is 0 Å². The van der Waals surface area contributed by atoms with Crippen molar-refractivity contribution < 1.29 is 19.5 Å². The molecule has 0 radical (unpaired) electrons. The highest BCUT2D eigenvalue weighted by Crippen LogP contribution is 2.20. The number of Topliss-reactive ketones (excluding diaryl/α,β-unsaturated/α-hetero) is 1. The third-order valence-electron chi connectivity index (χ3n) is 3.27. The van der Waals surface area contributed by atoms with Crippen molar-refractivity contribution in [3.8, 4) is 11.5 Å². The molecule has 1 N–H and O–H groups in total. The molecule has 2 aromatic rings. The molecule has 2 rings (SSSR count). The van der Waals surface area contributed by atoms with Gasteiger partial charge in [0.15, 0.2) is 0 Å². The van der Waals surface area contributed by atoms with Gasteiger partial charge in [-0.3, -0.25) is 4.79 Å². The number of ketones is 1. The number of ether oxygens (including phenoxy) is 2. The van der Waals surface area contributed by atoms with Crippen molar-refractivity contribution in [1.82, 2.24) is 0 Å². The summed E-state index contributed by atoms with van der Waals surface area (Å²) in [7, 11) is 3.08. The Balaban J connectivity index is 2.22. The number of methoxy groups -OCH3 is 2. The van der Waals surface area contributed by atoms with Gasteiger partial charge in [-0.2, -0.15) is 0 Å². The fourth-order valence-corrected chi connectivity index (χ4v) is 2.09. The molecule has 0 saturated carbocycles. The lowest BCUT2D eigenvalue weighted by Crippen LogP contribution is -2.18. The first-order valence-corrected chi connectivity index (χ1v) is 6.71. The standard InChI is InChI=1S/C17H17NO4/c1-21-13-9-7-12(8-10-13)11-15(18-20)17(19)14-5-3-4-6-16(14)22-2/h3-10,20H,11H2,1-2H3/b18-15+. The van der Waals surface area contributed by atoms with Crippen LogP contribution in [-0.2, 0) is 6.42 Å². The zero-order chi connectivity index (χ0) is 15.9. The Morgan fingerprint density at radius 3 is 2.32 bits per heavy atom. The van der Waals surface area contributed by atoms with E-state index in [1.807, 2.05) is 12.1 Å². The SMILES string of the molecule is COc1ccc(C/C(=N\O)C(=O)c2ccccc2OC)cc1. The number of nitrogens with zero attached hydrogens (tertiary/aromatic N) is 1. The lowest BCUT2D eigenvalue weighted by Gasteiger charge is -2.09. The van der Waals surface area contributed by atoms with Crippen LogP contribution in [0.15, 0.2) is 53.7 Å². The molecule has 5 heteroatoms. The predicted octanol–water partition coefficient (Wildman–Crippen LogP) is 2.96. The summed E-state index contributed by atoms with van der Waals surface area (Å²) in [5, 5.41) is 12.3. The van der Waals surface area contributed by atoms with Crippen molar-refractivity contribution in [2.45, 2.75) is 6.42 Å². The van der Waals surface area contributed by atoms with E-state index in [-0.39, 0.29) is 17.9 Å². The second-order valence-electron chi connectivity index (χ2n) is 4.60. The van der Waals surface area contributed by atoms with Gasteiger partial charge in [0.25, 0.3) is 0 Å². The molecule has 0 saturated heterocycles. The van der Waals surface area contributed by atoms with Gasteiger partial charge in [-0.25, -0.2) is 0 Å². The molecule has 0 spiro atoms. The van der Waals surface area contributed by atoms with Crippen LogP contribution in [0.2, 0.25) is 0 Å². The molecule has 114 valence electrons. The summed E-state index contributed by atoms with van der Waals surface area (Å²) in [6.07, 6.45) is 0.220. The molecular formula is C17H17NO4. The fourth-order valence-electron chi connectivity index (χ4n) is 2.09. The highest BCUT2D eigenvalue weighted by molar-refractivity contribution is 6.46. The molecule has 5 nitrogen and oxygen atoms in total. The fraction of sp³-hybridized carbons (Fsp3) is 0.176. The van der Waals surface area contributed by atoms with E-state index < -0.39 is 0 Å². The van der Waals surface area contributed by atoms with Crippen molar-refractivity contribution in [3.05, 3.63) is 59.7 Å². The maximum atomic E-state index is 12.5. The summed E-state index contributed by atoms with van der Waals surface area (Å²) in [6.45, 7) is 0. The van der Waals surface area contributed by atoms with E-state index in [1.165, 1.54) is 7.11 Å². The van der Waals surface area contributed by atoms with Crippen LogP contribution in [0, 0.1) is 0 Å². The molecule has 0 amide bonds. The molecule has 0 fully saturated rings. The highest BCUT2D eigenvalue weighted by atomic mass is 16.5. The summed E-state index contributed by atoms with van der Waals surface area (Å²) < 4.78 is 10.3. The quantitative estimate of drug-likeness (QED) is 0.385. The summed E-state index contributed by atoms with van der Waals surface area (Å²) in [6, 6.07) is 14.1. The van der Waals surface area contributed by atoms with Crippen LogP contribution in [0.3, 0.4) is 0 Å². The molecular weight excluding hydrogens is 282 g/mol. The van der Waals surface area contributed by atoms with E-state index in [1.54, 1.807) is 43.5 Å². The van der Waals surface area contributed by atoms with Crippen molar-refractivity contribution in [2.24, 2.45) is 5.16 Å². The lowest BCUT2D eigenvalue weighted by molar-refractivity contribution is 0.105. The van der Waals surface area contributed by atoms with E-state index in [0.717, 1.165) is 11.3 Å². The Hall–Kier alpha value is -2.82. The van der Waals surface area contributed by atoms with Crippen LogP contribution < -0.4 is 9.47 Å². The first-order chi connectivity index (χ1) is 10.7. The van der Waals surface area contributed by atoms with Crippen molar-refractivity contribution in [2.75, 3.05) is 14.2 Å². The van der Waals surface area contributed by atoms with E-state index in [0.29, 0.717) is 11.3 Å². The number of benzene rings is 2. The number of carbonyl (C=O) groups excluding carboxylic acids is 1. The largest absolute Gasteiger partial charge is 0.497 e. The minimum Gasteiger partial charge on any atom is -0.497 e. The molecule has 0 atom stereocenters. The predicted molar refractivity (Wildman–Crippen MR) is 83.2 cm³/mol. The molecule has 0 heterocycles. The first-order valence-electron chi connectivity index (χ1n) is 6.71. The van der Waals surface area contributed by atoms with Gasteiger partial charge < -0.3 is 14.7 Å². The summed E-state index contributed by atoms with van der Waals surface area (Å²) in [5.74, 6) is 0.807.